The van der Waals surface area contributed by atoms with Crippen molar-refractivity contribution in [1.82, 2.24) is 10.6 Å². The van der Waals surface area contributed by atoms with Gasteiger partial charge in [-0.15, -0.1) is 0 Å². The lowest BCUT2D eigenvalue weighted by atomic mass is 9.93. The lowest BCUT2D eigenvalue weighted by Gasteiger charge is -2.28. The van der Waals surface area contributed by atoms with Crippen LogP contribution in [0.3, 0.4) is 0 Å². The first-order valence-electron chi connectivity index (χ1n) is 6.55. The molecule has 0 aromatic heterocycles. The van der Waals surface area contributed by atoms with Gasteiger partial charge in [-0.1, -0.05) is 0 Å². The summed E-state index contributed by atoms with van der Waals surface area (Å²) in [6.07, 6.45) is 6.70. The topological polar surface area (TPSA) is 36.4 Å². The predicted molar refractivity (Wildman–Crippen MR) is 72.2 cm³/mol. The van der Waals surface area contributed by atoms with Gasteiger partial charge in [0.05, 0.1) is 6.54 Å². The summed E-state index contributed by atoms with van der Waals surface area (Å²) in [6.45, 7) is 4.06. The minimum absolute atomic E-state index is 0.675. The van der Waals surface area contributed by atoms with Crippen LogP contribution in [0.5, 0.6) is 0 Å². The van der Waals surface area contributed by atoms with Gasteiger partial charge in [0, 0.05) is 17.8 Å². The van der Waals surface area contributed by atoms with Crippen molar-refractivity contribution in [2.24, 2.45) is 4.99 Å². The third-order valence-electron chi connectivity index (χ3n) is 3.27. The normalized spacial score (nSPS) is 26.6. The molecule has 1 heterocycles. The fourth-order valence-electron chi connectivity index (χ4n) is 2.05. The van der Waals surface area contributed by atoms with Crippen molar-refractivity contribution >= 4 is 17.7 Å². The van der Waals surface area contributed by atoms with Gasteiger partial charge in [0.2, 0.25) is 0 Å². The number of aliphatic imine (C=N–C) groups is 1. The van der Waals surface area contributed by atoms with E-state index >= 15 is 0 Å². The second-order valence-electron chi connectivity index (χ2n) is 4.63. The van der Waals surface area contributed by atoms with Crippen LogP contribution in [0.15, 0.2) is 4.99 Å². The summed E-state index contributed by atoms with van der Waals surface area (Å²) < 4.78 is 0. The van der Waals surface area contributed by atoms with Crippen molar-refractivity contribution in [2.75, 3.05) is 18.8 Å². The van der Waals surface area contributed by atoms with Gasteiger partial charge in [-0.2, -0.15) is 11.8 Å². The fraction of sp³-hybridized carbons (Fsp3) is 0.917. The summed E-state index contributed by atoms with van der Waals surface area (Å²) in [5.74, 6) is 2.35. The molecule has 4 heteroatoms. The number of hydrogen-bond donors (Lipinski definition) is 2. The second kappa shape index (κ2) is 6.38. The van der Waals surface area contributed by atoms with Gasteiger partial charge < -0.3 is 10.6 Å². The van der Waals surface area contributed by atoms with E-state index in [4.69, 9.17) is 4.99 Å². The first-order valence-corrected chi connectivity index (χ1v) is 7.60. The van der Waals surface area contributed by atoms with E-state index in [1.54, 1.807) is 0 Å². The Morgan fingerprint density at radius 1 is 1.31 bits per heavy atom. The zero-order valence-corrected chi connectivity index (χ0v) is 11.0. The van der Waals surface area contributed by atoms with Gasteiger partial charge >= 0.3 is 0 Å². The molecular weight excluding hydrogens is 218 g/mol. The molecule has 2 N–H and O–H groups in total. The maximum Gasteiger partial charge on any atom is 0.191 e. The highest BCUT2D eigenvalue weighted by Crippen LogP contribution is 2.26. The zero-order chi connectivity index (χ0) is 11.2. The smallest absolute Gasteiger partial charge is 0.191 e. The van der Waals surface area contributed by atoms with Crippen molar-refractivity contribution in [3.8, 4) is 0 Å². The van der Waals surface area contributed by atoms with Crippen LogP contribution in [0.1, 0.15) is 39.0 Å². The van der Waals surface area contributed by atoms with Gasteiger partial charge in [0.15, 0.2) is 5.96 Å². The van der Waals surface area contributed by atoms with E-state index < -0.39 is 0 Å². The molecule has 0 aromatic rings. The van der Waals surface area contributed by atoms with Crippen LogP contribution in [0.4, 0.5) is 0 Å². The van der Waals surface area contributed by atoms with Gasteiger partial charge in [0.1, 0.15) is 0 Å². The second-order valence-corrected chi connectivity index (χ2v) is 6.04. The van der Waals surface area contributed by atoms with Gasteiger partial charge in [-0.3, -0.25) is 4.99 Å². The molecule has 0 spiro atoms. The largest absolute Gasteiger partial charge is 0.357 e. The minimum atomic E-state index is 0.675. The van der Waals surface area contributed by atoms with E-state index in [1.807, 2.05) is 0 Å². The highest BCUT2D eigenvalue weighted by atomic mass is 32.2. The van der Waals surface area contributed by atoms with Crippen molar-refractivity contribution < 1.29 is 0 Å². The van der Waals surface area contributed by atoms with E-state index in [0.29, 0.717) is 6.04 Å². The standard InChI is InChI=1S/C12H23N3S/c1-2-13-12(15-10-5-3-6-10)14-9-11-7-4-8-16-11/h10-11H,2-9H2,1H3,(H2,13,14,15). The predicted octanol–water partition coefficient (Wildman–Crippen LogP) is 1.99. The molecule has 0 amide bonds. The van der Waals surface area contributed by atoms with Crippen molar-refractivity contribution in [3.05, 3.63) is 0 Å². The fourth-order valence-corrected chi connectivity index (χ4v) is 3.23. The highest BCUT2D eigenvalue weighted by Gasteiger charge is 2.19. The Hall–Kier alpha value is -0.380. The van der Waals surface area contributed by atoms with E-state index in [2.05, 4.69) is 29.3 Å². The average Bonchev–Trinajstić information content (AvgIpc) is 2.72. The third-order valence-corrected chi connectivity index (χ3v) is 4.65. The maximum atomic E-state index is 4.69. The van der Waals surface area contributed by atoms with Crippen LogP contribution < -0.4 is 10.6 Å². The molecule has 2 fully saturated rings. The summed E-state index contributed by atoms with van der Waals surface area (Å²) in [7, 11) is 0. The molecule has 2 rings (SSSR count). The van der Waals surface area contributed by atoms with E-state index in [0.717, 1.165) is 24.3 Å². The van der Waals surface area contributed by atoms with Crippen LogP contribution in [0, 0.1) is 0 Å². The van der Waals surface area contributed by atoms with Gasteiger partial charge in [0.25, 0.3) is 0 Å². The molecule has 0 bridgehead atoms. The summed E-state index contributed by atoms with van der Waals surface area (Å²) in [4.78, 5) is 4.69. The Balaban J connectivity index is 1.76. The number of guanidine groups is 1. The van der Waals surface area contributed by atoms with Crippen molar-refractivity contribution in [2.45, 2.75) is 50.3 Å². The van der Waals surface area contributed by atoms with Gasteiger partial charge in [-0.05, 0) is 44.8 Å². The Kier molecular flexibility index (Phi) is 4.82. The number of nitrogens with zero attached hydrogens (tertiary/aromatic N) is 1. The number of nitrogens with one attached hydrogen (secondary N) is 2. The molecule has 1 saturated heterocycles. The van der Waals surface area contributed by atoms with Crippen LogP contribution in [0.2, 0.25) is 0 Å². The quantitative estimate of drug-likeness (QED) is 0.584. The summed E-state index contributed by atoms with van der Waals surface area (Å²) in [5.41, 5.74) is 0. The molecule has 0 radical (unpaired) electrons. The molecular formula is C12H23N3S. The summed E-state index contributed by atoms with van der Waals surface area (Å²) in [5, 5.41) is 7.60. The van der Waals surface area contributed by atoms with Crippen molar-refractivity contribution in [1.29, 1.82) is 0 Å². The molecule has 1 aliphatic carbocycles. The number of thioether (sulfide) groups is 1. The average molecular weight is 241 g/mol. The molecule has 2 aliphatic rings. The van der Waals surface area contributed by atoms with E-state index in [9.17, 15) is 0 Å². The molecule has 1 unspecified atom stereocenters. The first-order chi connectivity index (χ1) is 7.88. The molecule has 0 aromatic carbocycles. The Morgan fingerprint density at radius 3 is 2.75 bits per heavy atom. The first kappa shape index (κ1) is 12.1. The molecule has 92 valence electrons. The lowest BCUT2D eigenvalue weighted by molar-refractivity contribution is 0.380. The Bertz CT molecular complexity index is 232. The lowest BCUT2D eigenvalue weighted by Crippen LogP contribution is -2.46. The third kappa shape index (κ3) is 3.58. The summed E-state index contributed by atoms with van der Waals surface area (Å²) in [6, 6.07) is 0.675. The molecule has 1 saturated carbocycles. The summed E-state index contributed by atoms with van der Waals surface area (Å²) >= 11 is 2.08. The highest BCUT2D eigenvalue weighted by molar-refractivity contribution is 8.00. The Labute approximate surface area is 103 Å². The zero-order valence-electron chi connectivity index (χ0n) is 10.2. The monoisotopic (exact) mass is 241 g/mol. The molecule has 1 atom stereocenters. The van der Waals surface area contributed by atoms with Crippen LogP contribution in [0.25, 0.3) is 0 Å². The van der Waals surface area contributed by atoms with Crippen molar-refractivity contribution in [3.63, 3.8) is 0 Å². The van der Waals surface area contributed by atoms with Gasteiger partial charge in [-0.25, -0.2) is 0 Å². The van der Waals surface area contributed by atoms with Crippen LogP contribution >= 0.6 is 11.8 Å². The number of hydrogen-bond acceptors (Lipinski definition) is 2. The van der Waals surface area contributed by atoms with Crippen LogP contribution in [-0.4, -0.2) is 36.1 Å². The maximum absolute atomic E-state index is 4.69. The number of rotatable bonds is 4. The molecule has 3 nitrogen and oxygen atoms in total. The van der Waals surface area contributed by atoms with E-state index in [1.165, 1.54) is 37.9 Å². The molecule has 16 heavy (non-hydrogen) atoms. The van der Waals surface area contributed by atoms with Crippen LogP contribution in [-0.2, 0) is 0 Å². The molecule has 1 aliphatic heterocycles. The van der Waals surface area contributed by atoms with E-state index in [-0.39, 0.29) is 0 Å². The Morgan fingerprint density at radius 2 is 2.19 bits per heavy atom. The minimum Gasteiger partial charge on any atom is -0.357 e. The SMILES string of the molecule is CCNC(=NCC1CCCS1)NC1CCC1.